The van der Waals surface area contributed by atoms with E-state index in [2.05, 4.69) is 48.4 Å². The summed E-state index contributed by atoms with van der Waals surface area (Å²) in [5.74, 6) is 0.650. The number of phenolic OH excluding ortho intramolecular Hbond substituents is 1. The highest BCUT2D eigenvalue weighted by Gasteiger charge is 2.21. The zero-order chi connectivity index (χ0) is 22.2. The summed E-state index contributed by atoms with van der Waals surface area (Å²) < 4.78 is 0.832. The van der Waals surface area contributed by atoms with Crippen molar-refractivity contribution in [2.45, 2.75) is 32.7 Å². The highest BCUT2D eigenvalue weighted by molar-refractivity contribution is 9.10. The lowest BCUT2D eigenvalue weighted by molar-refractivity contribution is 0.475. The van der Waals surface area contributed by atoms with Gasteiger partial charge >= 0.3 is 0 Å². The third-order valence-corrected chi connectivity index (χ3v) is 6.00. The molecule has 3 heterocycles. The van der Waals surface area contributed by atoms with Crippen LogP contribution in [0.4, 0.5) is 0 Å². The van der Waals surface area contributed by atoms with Gasteiger partial charge in [-0.3, -0.25) is 10.3 Å². The number of halogens is 1. The highest BCUT2D eigenvalue weighted by Crippen LogP contribution is 2.36. The standard InChI is InChI=1S/C20H19BrN6OS.C2H6/c1-2-5-24-20-25-11-18(29-20)16-9-15(13-8-12(28)3-4-14(13)21)26-19(27-16)17-10-22-6-7-23-17;1-2/h3-4,6-11,20,24-25,28H,2,5H2,1H3;1-2H3. The van der Waals surface area contributed by atoms with E-state index >= 15 is 0 Å². The van der Waals surface area contributed by atoms with E-state index < -0.39 is 0 Å². The lowest BCUT2D eigenvalue weighted by Gasteiger charge is -2.13. The Morgan fingerprint density at radius 2 is 1.94 bits per heavy atom. The molecule has 31 heavy (non-hydrogen) atoms. The van der Waals surface area contributed by atoms with Gasteiger partial charge in [-0.2, -0.15) is 0 Å². The van der Waals surface area contributed by atoms with E-state index in [0.29, 0.717) is 17.2 Å². The van der Waals surface area contributed by atoms with E-state index in [4.69, 9.17) is 4.98 Å². The summed E-state index contributed by atoms with van der Waals surface area (Å²) >= 11 is 5.22. The molecule has 0 amide bonds. The molecule has 0 saturated carbocycles. The molecule has 1 aromatic carbocycles. The van der Waals surface area contributed by atoms with Crippen LogP contribution in [-0.2, 0) is 0 Å². The van der Waals surface area contributed by atoms with Crippen molar-refractivity contribution in [1.82, 2.24) is 30.6 Å². The van der Waals surface area contributed by atoms with Gasteiger partial charge in [-0.15, -0.1) is 0 Å². The predicted octanol–water partition coefficient (Wildman–Crippen LogP) is 5.01. The van der Waals surface area contributed by atoms with Crippen molar-refractivity contribution in [1.29, 1.82) is 0 Å². The van der Waals surface area contributed by atoms with E-state index in [-0.39, 0.29) is 11.2 Å². The van der Waals surface area contributed by atoms with Gasteiger partial charge in [0.05, 0.1) is 22.5 Å². The molecular formula is C22H25BrN6OS. The van der Waals surface area contributed by atoms with Crippen LogP contribution in [0.3, 0.4) is 0 Å². The third-order valence-electron chi connectivity index (χ3n) is 4.19. The normalized spacial score (nSPS) is 15.0. The van der Waals surface area contributed by atoms with Crippen LogP contribution in [-0.4, -0.2) is 37.1 Å². The SMILES string of the molecule is CC.CCCNC1NC=C(c2cc(-c3cc(O)ccc3Br)nc(-c3cnccn3)n2)S1. The molecule has 1 atom stereocenters. The molecule has 9 heteroatoms. The van der Waals surface area contributed by atoms with Crippen molar-refractivity contribution in [3.05, 3.63) is 59.2 Å². The maximum Gasteiger partial charge on any atom is 0.180 e. The molecule has 0 fully saturated rings. The first-order valence-electron chi connectivity index (χ1n) is 10.1. The van der Waals surface area contributed by atoms with Gasteiger partial charge in [0.1, 0.15) is 16.9 Å². The molecule has 1 unspecified atom stereocenters. The van der Waals surface area contributed by atoms with Crippen LogP contribution >= 0.6 is 27.7 Å². The second-order valence-corrected chi connectivity index (χ2v) is 8.35. The molecule has 0 saturated heterocycles. The summed E-state index contributed by atoms with van der Waals surface area (Å²) in [5, 5.41) is 16.7. The van der Waals surface area contributed by atoms with Crippen LogP contribution in [0.15, 0.2) is 53.5 Å². The third kappa shape index (κ3) is 5.81. The number of nitrogens with one attached hydrogen (secondary N) is 2. The molecule has 1 aliphatic rings. The fourth-order valence-electron chi connectivity index (χ4n) is 2.81. The van der Waals surface area contributed by atoms with Crippen LogP contribution < -0.4 is 10.6 Å². The van der Waals surface area contributed by atoms with Crippen LogP contribution in [0.2, 0.25) is 0 Å². The first kappa shape index (κ1) is 23.2. The Morgan fingerprint density at radius 3 is 2.68 bits per heavy atom. The fourth-order valence-corrected chi connectivity index (χ4v) is 4.21. The number of benzene rings is 1. The average molecular weight is 501 g/mol. The number of thioether (sulfide) groups is 1. The van der Waals surface area contributed by atoms with E-state index in [0.717, 1.165) is 33.6 Å². The van der Waals surface area contributed by atoms with Crippen LogP contribution in [0.5, 0.6) is 5.75 Å². The molecule has 3 N–H and O–H groups in total. The number of nitrogens with zero attached hydrogens (tertiary/aromatic N) is 4. The fraction of sp³-hybridized carbons (Fsp3) is 0.273. The molecule has 0 aliphatic carbocycles. The molecule has 4 rings (SSSR count). The van der Waals surface area contributed by atoms with Crippen molar-refractivity contribution in [2.24, 2.45) is 0 Å². The minimum atomic E-state index is 0.107. The van der Waals surface area contributed by atoms with Gasteiger partial charge in [0.15, 0.2) is 5.82 Å². The van der Waals surface area contributed by atoms with Gasteiger partial charge < -0.3 is 10.4 Å². The van der Waals surface area contributed by atoms with E-state index in [9.17, 15) is 5.11 Å². The van der Waals surface area contributed by atoms with Gasteiger partial charge in [0, 0.05) is 28.6 Å². The Hall–Kier alpha value is -2.49. The molecule has 7 nitrogen and oxygen atoms in total. The zero-order valence-corrected chi connectivity index (χ0v) is 20.0. The summed E-state index contributed by atoms with van der Waals surface area (Å²) in [6, 6.07) is 7.02. The largest absolute Gasteiger partial charge is 0.508 e. The number of phenols is 1. The van der Waals surface area contributed by atoms with Crippen molar-refractivity contribution in [3.63, 3.8) is 0 Å². The monoisotopic (exact) mass is 500 g/mol. The minimum absolute atomic E-state index is 0.107. The number of hydrogen-bond acceptors (Lipinski definition) is 8. The van der Waals surface area contributed by atoms with Gasteiger partial charge in [0.2, 0.25) is 0 Å². The van der Waals surface area contributed by atoms with E-state index in [1.807, 2.05) is 26.1 Å². The summed E-state index contributed by atoms with van der Waals surface area (Å²) in [4.78, 5) is 18.9. The van der Waals surface area contributed by atoms with Crippen molar-refractivity contribution >= 4 is 32.6 Å². The maximum atomic E-state index is 9.96. The molecule has 0 spiro atoms. The van der Waals surface area contributed by atoms with Gasteiger partial charge in [0.25, 0.3) is 0 Å². The summed E-state index contributed by atoms with van der Waals surface area (Å²) in [5.41, 5.74) is 2.94. The lowest BCUT2D eigenvalue weighted by atomic mass is 10.1. The van der Waals surface area contributed by atoms with Crippen LogP contribution in [0.1, 0.15) is 32.9 Å². The smallest absolute Gasteiger partial charge is 0.180 e. The highest BCUT2D eigenvalue weighted by atomic mass is 79.9. The van der Waals surface area contributed by atoms with Crippen LogP contribution in [0, 0.1) is 0 Å². The van der Waals surface area contributed by atoms with Crippen molar-refractivity contribution < 1.29 is 5.11 Å². The van der Waals surface area contributed by atoms with Gasteiger partial charge in [-0.05, 0) is 37.2 Å². The number of rotatable bonds is 6. The lowest BCUT2D eigenvalue weighted by Crippen LogP contribution is -2.34. The molecule has 0 bridgehead atoms. The second kappa shape index (κ2) is 11.2. The first-order chi connectivity index (χ1) is 15.1. The summed E-state index contributed by atoms with van der Waals surface area (Å²) in [6.07, 6.45) is 7.89. The van der Waals surface area contributed by atoms with E-state index in [1.54, 1.807) is 48.6 Å². The zero-order valence-electron chi connectivity index (χ0n) is 17.6. The summed E-state index contributed by atoms with van der Waals surface area (Å²) in [7, 11) is 0. The molecular weight excluding hydrogens is 476 g/mol. The molecule has 3 aromatic rings. The van der Waals surface area contributed by atoms with E-state index in [1.165, 1.54) is 0 Å². The van der Waals surface area contributed by atoms with Crippen LogP contribution in [0.25, 0.3) is 27.7 Å². The average Bonchev–Trinajstić information content (AvgIpc) is 3.30. The molecule has 0 radical (unpaired) electrons. The van der Waals surface area contributed by atoms with Gasteiger partial charge in [-0.25, -0.2) is 15.0 Å². The number of hydrogen-bond donors (Lipinski definition) is 3. The number of aromatic nitrogens is 4. The second-order valence-electron chi connectivity index (χ2n) is 6.34. The molecule has 1 aliphatic heterocycles. The summed E-state index contributed by atoms with van der Waals surface area (Å²) in [6.45, 7) is 7.07. The first-order valence-corrected chi connectivity index (χ1v) is 11.8. The van der Waals surface area contributed by atoms with Crippen molar-refractivity contribution in [2.75, 3.05) is 6.54 Å². The minimum Gasteiger partial charge on any atom is -0.508 e. The number of aromatic hydroxyl groups is 1. The Morgan fingerprint density at radius 1 is 1.13 bits per heavy atom. The predicted molar refractivity (Wildman–Crippen MR) is 130 cm³/mol. The molecule has 162 valence electrons. The Balaban J connectivity index is 0.00000132. The Bertz CT molecular complexity index is 1050. The Labute approximate surface area is 195 Å². The Kier molecular flexibility index (Phi) is 8.39. The topological polar surface area (TPSA) is 95.8 Å². The van der Waals surface area contributed by atoms with Gasteiger partial charge in [-0.1, -0.05) is 48.5 Å². The maximum absolute atomic E-state index is 9.96. The molecule has 2 aromatic heterocycles. The van der Waals surface area contributed by atoms with Crippen molar-refractivity contribution in [3.8, 4) is 28.5 Å². The quantitative estimate of drug-likeness (QED) is 0.434.